The van der Waals surface area contributed by atoms with Gasteiger partial charge in [0, 0.05) is 34.2 Å². The van der Waals surface area contributed by atoms with E-state index in [2.05, 4.69) is 5.32 Å². The van der Waals surface area contributed by atoms with Gasteiger partial charge in [0.25, 0.3) is 5.91 Å². The monoisotopic (exact) mass is 346 g/mol. The zero-order valence-electron chi connectivity index (χ0n) is 12.1. The Bertz CT molecular complexity index is 931. The highest BCUT2D eigenvalue weighted by molar-refractivity contribution is 6.32. The van der Waals surface area contributed by atoms with E-state index in [1.54, 1.807) is 42.5 Å². The quantitative estimate of drug-likeness (QED) is 0.720. The van der Waals surface area contributed by atoms with Gasteiger partial charge in [0.15, 0.2) is 0 Å². The second-order valence-electron chi connectivity index (χ2n) is 5.06. The number of carbonyl (C=O) groups is 2. The van der Waals surface area contributed by atoms with E-state index in [-0.39, 0.29) is 11.8 Å². The lowest BCUT2D eigenvalue weighted by Crippen LogP contribution is -2.11. The first-order valence-corrected chi connectivity index (χ1v) is 7.60. The molecule has 1 amide bonds. The van der Waals surface area contributed by atoms with E-state index in [0.29, 0.717) is 32.2 Å². The fourth-order valence-corrected chi connectivity index (χ4v) is 2.76. The number of carbonyl (C=O) groups excluding carboxylic acids is 2. The van der Waals surface area contributed by atoms with Crippen LogP contribution in [0.1, 0.15) is 22.1 Å². The molecule has 0 radical (unpaired) electrons. The van der Waals surface area contributed by atoms with E-state index in [9.17, 15) is 9.59 Å². The SMILES string of the molecule is CC(=O)n1cc(C(=O)Nc2cccc(Cl)c2)c2ccc(Cl)cc21. The van der Waals surface area contributed by atoms with E-state index in [1.807, 2.05) is 0 Å². The van der Waals surface area contributed by atoms with E-state index in [0.717, 1.165) is 0 Å². The van der Waals surface area contributed by atoms with Crippen LogP contribution < -0.4 is 5.32 Å². The lowest BCUT2D eigenvalue weighted by molar-refractivity contribution is 0.0941. The zero-order valence-corrected chi connectivity index (χ0v) is 13.7. The molecule has 0 saturated carbocycles. The van der Waals surface area contributed by atoms with Crippen LogP contribution in [0, 0.1) is 0 Å². The molecule has 1 N–H and O–H groups in total. The molecule has 0 aliphatic rings. The third-order valence-corrected chi connectivity index (χ3v) is 3.90. The minimum atomic E-state index is -0.320. The highest BCUT2D eigenvalue weighted by Crippen LogP contribution is 2.26. The van der Waals surface area contributed by atoms with Crippen LogP contribution in [0.2, 0.25) is 10.0 Å². The topological polar surface area (TPSA) is 51.1 Å². The molecule has 0 saturated heterocycles. The summed E-state index contributed by atoms with van der Waals surface area (Å²) < 4.78 is 1.41. The molecule has 0 fully saturated rings. The summed E-state index contributed by atoms with van der Waals surface area (Å²) in [6.07, 6.45) is 1.52. The van der Waals surface area contributed by atoms with Crippen molar-refractivity contribution in [3.63, 3.8) is 0 Å². The molecular weight excluding hydrogens is 335 g/mol. The summed E-state index contributed by atoms with van der Waals surface area (Å²) in [6.45, 7) is 1.43. The Morgan fingerprint density at radius 1 is 1.04 bits per heavy atom. The van der Waals surface area contributed by atoms with Crippen molar-refractivity contribution >= 4 is 51.6 Å². The second kappa shape index (κ2) is 6.07. The number of benzene rings is 2. The van der Waals surface area contributed by atoms with Crippen LogP contribution in [0.4, 0.5) is 5.69 Å². The van der Waals surface area contributed by atoms with Gasteiger partial charge in [-0.2, -0.15) is 0 Å². The summed E-state index contributed by atoms with van der Waals surface area (Å²) in [6, 6.07) is 11.9. The Morgan fingerprint density at radius 3 is 2.48 bits per heavy atom. The van der Waals surface area contributed by atoms with E-state index >= 15 is 0 Å². The van der Waals surface area contributed by atoms with Gasteiger partial charge < -0.3 is 5.32 Å². The smallest absolute Gasteiger partial charge is 0.257 e. The zero-order chi connectivity index (χ0) is 16.6. The molecule has 3 rings (SSSR count). The minimum absolute atomic E-state index is 0.195. The van der Waals surface area contributed by atoms with Crippen molar-refractivity contribution in [1.29, 1.82) is 0 Å². The van der Waals surface area contributed by atoms with Crippen molar-refractivity contribution in [1.82, 2.24) is 4.57 Å². The van der Waals surface area contributed by atoms with Crippen LogP contribution in [0.5, 0.6) is 0 Å². The van der Waals surface area contributed by atoms with Crippen molar-refractivity contribution in [3.8, 4) is 0 Å². The third-order valence-electron chi connectivity index (χ3n) is 3.43. The van der Waals surface area contributed by atoms with Gasteiger partial charge in [0.1, 0.15) is 0 Å². The van der Waals surface area contributed by atoms with Gasteiger partial charge in [0.05, 0.1) is 11.1 Å². The predicted molar refractivity (Wildman–Crippen MR) is 92.7 cm³/mol. The summed E-state index contributed by atoms with van der Waals surface area (Å²) in [4.78, 5) is 24.3. The summed E-state index contributed by atoms with van der Waals surface area (Å²) in [5.41, 5.74) is 1.58. The Labute approximate surface area is 142 Å². The Balaban J connectivity index is 2.05. The number of fused-ring (bicyclic) bond motifs is 1. The maximum Gasteiger partial charge on any atom is 0.257 e. The van der Waals surface area contributed by atoms with Crippen LogP contribution in [0.3, 0.4) is 0 Å². The molecule has 116 valence electrons. The molecule has 1 aromatic heterocycles. The van der Waals surface area contributed by atoms with E-state index in [4.69, 9.17) is 23.2 Å². The van der Waals surface area contributed by atoms with Crippen LogP contribution >= 0.6 is 23.2 Å². The van der Waals surface area contributed by atoms with Gasteiger partial charge in [-0.25, -0.2) is 0 Å². The van der Waals surface area contributed by atoms with E-state index < -0.39 is 0 Å². The molecule has 0 atom stereocenters. The molecule has 0 aliphatic heterocycles. The largest absolute Gasteiger partial charge is 0.322 e. The molecular formula is C17H12Cl2N2O2. The summed E-state index contributed by atoms with van der Waals surface area (Å²) in [5, 5.41) is 4.46. The summed E-state index contributed by atoms with van der Waals surface area (Å²) in [5.74, 6) is -0.515. The van der Waals surface area contributed by atoms with Gasteiger partial charge in [-0.3, -0.25) is 14.2 Å². The van der Waals surface area contributed by atoms with E-state index in [1.165, 1.54) is 17.7 Å². The maximum absolute atomic E-state index is 12.5. The number of hydrogen-bond acceptors (Lipinski definition) is 2. The van der Waals surface area contributed by atoms with Crippen molar-refractivity contribution < 1.29 is 9.59 Å². The van der Waals surface area contributed by atoms with Gasteiger partial charge in [-0.05, 0) is 30.3 Å². The van der Waals surface area contributed by atoms with Crippen LogP contribution in [-0.2, 0) is 0 Å². The lowest BCUT2D eigenvalue weighted by Gasteiger charge is -2.04. The fraction of sp³-hybridized carbons (Fsp3) is 0.0588. The highest BCUT2D eigenvalue weighted by atomic mass is 35.5. The number of halogens is 2. The molecule has 23 heavy (non-hydrogen) atoms. The van der Waals surface area contributed by atoms with Crippen molar-refractivity contribution in [3.05, 3.63) is 64.3 Å². The van der Waals surface area contributed by atoms with Crippen LogP contribution in [0.25, 0.3) is 10.9 Å². The number of anilines is 1. The fourth-order valence-electron chi connectivity index (χ4n) is 2.41. The lowest BCUT2D eigenvalue weighted by atomic mass is 10.1. The predicted octanol–water partition coefficient (Wildman–Crippen LogP) is 4.86. The molecule has 0 bridgehead atoms. The number of rotatable bonds is 2. The molecule has 2 aromatic carbocycles. The van der Waals surface area contributed by atoms with Crippen molar-refractivity contribution in [2.45, 2.75) is 6.92 Å². The Kier molecular flexibility index (Phi) is 4.11. The first-order chi connectivity index (χ1) is 11.0. The van der Waals surface area contributed by atoms with Crippen LogP contribution in [-0.4, -0.2) is 16.4 Å². The average molecular weight is 347 g/mol. The number of amides is 1. The molecule has 1 heterocycles. The van der Waals surface area contributed by atoms with Gasteiger partial charge in [-0.15, -0.1) is 0 Å². The summed E-state index contributed by atoms with van der Waals surface area (Å²) in [7, 11) is 0. The van der Waals surface area contributed by atoms with Gasteiger partial charge in [0.2, 0.25) is 5.91 Å². The normalized spacial score (nSPS) is 10.7. The Morgan fingerprint density at radius 2 is 1.78 bits per heavy atom. The highest BCUT2D eigenvalue weighted by Gasteiger charge is 2.17. The number of nitrogens with zero attached hydrogens (tertiary/aromatic N) is 1. The van der Waals surface area contributed by atoms with Crippen molar-refractivity contribution in [2.24, 2.45) is 0 Å². The molecule has 0 unspecified atom stereocenters. The minimum Gasteiger partial charge on any atom is -0.322 e. The third kappa shape index (κ3) is 3.09. The maximum atomic E-state index is 12.5. The average Bonchev–Trinajstić information content (AvgIpc) is 2.86. The number of hydrogen-bond donors (Lipinski definition) is 1. The second-order valence-corrected chi connectivity index (χ2v) is 5.93. The summed E-state index contributed by atoms with van der Waals surface area (Å²) >= 11 is 11.9. The molecule has 0 aliphatic carbocycles. The molecule has 0 spiro atoms. The van der Waals surface area contributed by atoms with Crippen molar-refractivity contribution in [2.75, 3.05) is 5.32 Å². The van der Waals surface area contributed by atoms with Crippen LogP contribution in [0.15, 0.2) is 48.7 Å². The Hall–Kier alpha value is -2.30. The standard InChI is InChI=1S/C17H12Cl2N2O2/c1-10(22)21-9-15(14-6-5-12(19)8-16(14)21)17(23)20-13-4-2-3-11(18)7-13/h2-9H,1H3,(H,20,23). The number of nitrogens with one attached hydrogen (secondary N) is 1. The number of aromatic nitrogens is 1. The molecule has 4 nitrogen and oxygen atoms in total. The van der Waals surface area contributed by atoms with Gasteiger partial charge in [-0.1, -0.05) is 35.3 Å². The molecule has 6 heteroatoms. The first kappa shape index (κ1) is 15.6. The molecule has 3 aromatic rings. The van der Waals surface area contributed by atoms with Gasteiger partial charge >= 0.3 is 0 Å². The first-order valence-electron chi connectivity index (χ1n) is 6.84.